The first kappa shape index (κ1) is 12.6. The molecule has 0 saturated heterocycles. The summed E-state index contributed by atoms with van der Waals surface area (Å²) in [7, 11) is 0. The Labute approximate surface area is 96.3 Å². The molecule has 1 rings (SSSR count). The van der Waals surface area contributed by atoms with Crippen LogP contribution in [0.2, 0.25) is 0 Å². The number of hydrogen-bond donors (Lipinski definition) is 1. The SMILES string of the molecule is CCCNC(C)c1nnc(CC(C)C)s1. The van der Waals surface area contributed by atoms with Crippen molar-refractivity contribution in [2.24, 2.45) is 5.92 Å². The van der Waals surface area contributed by atoms with Crippen molar-refractivity contribution in [1.82, 2.24) is 15.5 Å². The molecule has 0 spiro atoms. The summed E-state index contributed by atoms with van der Waals surface area (Å²) >= 11 is 1.74. The number of nitrogens with zero attached hydrogens (tertiary/aromatic N) is 2. The van der Waals surface area contributed by atoms with Crippen LogP contribution < -0.4 is 5.32 Å². The maximum Gasteiger partial charge on any atom is 0.134 e. The summed E-state index contributed by atoms with van der Waals surface area (Å²) in [5.74, 6) is 0.657. The zero-order chi connectivity index (χ0) is 11.3. The van der Waals surface area contributed by atoms with E-state index < -0.39 is 0 Å². The van der Waals surface area contributed by atoms with Crippen LogP contribution in [0.3, 0.4) is 0 Å². The molecule has 0 aromatic carbocycles. The normalized spacial score (nSPS) is 13.4. The molecule has 86 valence electrons. The van der Waals surface area contributed by atoms with Gasteiger partial charge in [-0.25, -0.2) is 0 Å². The Bertz CT molecular complexity index is 283. The highest BCUT2D eigenvalue weighted by atomic mass is 32.1. The minimum absolute atomic E-state index is 0.336. The van der Waals surface area contributed by atoms with Crippen molar-refractivity contribution in [1.29, 1.82) is 0 Å². The molecule has 0 amide bonds. The molecule has 1 heterocycles. The molecule has 0 aliphatic carbocycles. The van der Waals surface area contributed by atoms with E-state index in [1.165, 1.54) is 0 Å². The average Bonchev–Trinajstić information content (AvgIpc) is 2.61. The van der Waals surface area contributed by atoms with Gasteiger partial charge >= 0.3 is 0 Å². The Kier molecular flexibility index (Phi) is 5.19. The summed E-state index contributed by atoms with van der Waals surface area (Å²) in [6.45, 7) is 9.78. The second-order valence-corrected chi connectivity index (χ2v) is 5.40. The highest BCUT2D eigenvalue weighted by Gasteiger charge is 2.11. The second-order valence-electron chi connectivity index (χ2n) is 4.31. The number of rotatable bonds is 6. The van der Waals surface area contributed by atoms with Crippen molar-refractivity contribution in [3.63, 3.8) is 0 Å². The van der Waals surface area contributed by atoms with Crippen LogP contribution in [0, 0.1) is 5.92 Å². The Balaban J connectivity index is 2.51. The molecule has 4 heteroatoms. The lowest BCUT2D eigenvalue weighted by Gasteiger charge is -2.08. The van der Waals surface area contributed by atoms with E-state index in [-0.39, 0.29) is 0 Å². The monoisotopic (exact) mass is 227 g/mol. The third-order valence-electron chi connectivity index (χ3n) is 2.14. The van der Waals surface area contributed by atoms with Gasteiger partial charge in [-0.3, -0.25) is 0 Å². The average molecular weight is 227 g/mol. The first-order valence-corrected chi connectivity index (χ1v) is 6.50. The van der Waals surface area contributed by atoms with Gasteiger partial charge in [-0.05, 0) is 25.8 Å². The number of hydrogen-bond acceptors (Lipinski definition) is 4. The molecule has 0 saturated carbocycles. The van der Waals surface area contributed by atoms with E-state index in [2.05, 4.69) is 43.2 Å². The molecule has 15 heavy (non-hydrogen) atoms. The minimum atomic E-state index is 0.336. The van der Waals surface area contributed by atoms with Gasteiger partial charge in [-0.2, -0.15) is 0 Å². The van der Waals surface area contributed by atoms with Gasteiger partial charge in [0, 0.05) is 6.42 Å². The van der Waals surface area contributed by atoms with E-state index in [1.54, 1.807) is 11.3 Å². The Morgan fingerprint density at radius 1 is 1.27 bits per heavy atom. The van der Waals surface area contributed by atoms with E-state index in [1.807, 2.05) is 0 Å². The summed E-state index contributed by atoms with van der Waals surface area (Å²) in [6.07, 6.45) is 2.19. The number of nitrogens with one attached hydrogen (secondary N) is 1. The summed E-state index contributed by atoms with van der Waals surface area (Å²) in [5.41, 5.74) is 0. The highest BCUT2D eigenvalue weighted by Crippen LogP contribution is 2.19. The van der Waals surface area contributed by atoms with Crippen molar-refractivity contribution >= 4 is 11.3 Å². The predicted molar refractivity (Wildman–Crippen MR) is 65.2 cm³/mol. The van der Waals surface area contributed by atoms with E-state index in [4.69, 9.17) is 0 Å². The van der Waals surface area contributed by atoms with Gasteiger partial charge in [0.1, 0.15) is 10.0 Å². The number of aromatic nitrogens is 2. The second kappa shape index (κ2) is 6.18. The molecule has 0 radical (unpaired) electrons. The fourth-order valence-electron chi connectivity index (χ4n) is 1.32. The van der Waals surface area contributed by atoms with Crippen LogP contribution in [-0.2, 0) is 6.42 Å². The zero-order valence-electron chi connectivity index (χ0n) is 10.1. The summed E-state index contributed by atoms with van der Waals surface area (Å²) in [4.78, 5) is 0. The van der Waals surface area contributed by atoms with Crippen LogP contribution in [0.1, 0.15) is 50.2 Å². The molecule has 1 aromatic rings. The van der Waals surface area contributed by atoms with Gasteiger partial charge in [0.2, 0.25) is 0 Å². The first-order chi connectivity index (χ1) is 7.13. The Morgan fingerprint density at radius 3 is 2.60 bits per heavy atom. The maximum atomic E-state index is 4.23. The van der Waals surface area contributed by atoms with E-state index in [0.29, 0.717) is 12.0 Å². The molecule has 3 nitrogen and oxygen atoms in total. The quantitative estimate of drug-likeness (QED) is 0.812. The van der Waals surface area contributed by atoms with E-state index in [0.717, 1.165) is 29.4 Å². The molecule has 0 bridgehead atoms. The summed E-state index contributed by atoms with van der Waals surface area (Å²) < 4.78 is 0. The van der Waals surface area contributed by atoms with E-state index >= 15 is 0 Å². The van der Waals surface area contributed by atoms with Gasteiger partial charge in [0.15, 0.2) is 0 Å². The van der Waals surface area contributed by atoms with Crippen molar-refractivity contribution < 1.29 is 0 Å². The molecule has 1 aromatic heterocycles. The van der Waals surface area contributed by atoms with Gasteiger partial charge in [-0.1, -0.05) is 32.1 Å². The van der Waals surface area contributed by atoms with Crippen molar-refractivity contribution in [3.8, 4) is 0 Å². The van der Waals surface area contributed by atoms with Crippen LogP contribution in [0.15, 0.2) is 0 Å². The first-order valence-electron chi connectivity index (χ1n) is 5.69. The molecule has 0 aliphatic rings. The largest absolute Gasteiger partial charge is 0.308 e. The third kappa shape index (κ3) is 4.26. The van der Waals surface area contributed by atoms with Crippen LogP contribution in [-0.4, -0.2) is 16.7 Å². The molecular weight excluding hydrogens is 206 g/mol. The van der Waals surface area contributed by atoms with Gasteiger partial charge in [-0.15, -0.1) is 10.2 Å². The molecule has 0 aliphatic heterocycles. The Morgan fingerprint density at radius 2 is 2.00 bits per heavy atom. The van der Waals surface area contributed by atoms with Crippen LogP contribution in [0.25, 0.3) is 0 Å². The minimum Gasteiger partial charge on any atom is -0.308 e. The van der Waals surface area contributed by atoms with Crippen molar-refractivity contribution in [2.75, 3.05) is 6.54 Å². The van der Waals surface area contributed by atoms with E-state index in [9.17, 15) is 0 Å². The predicted octanol–water partition coefficient (Wildman–Crippen LogP) is 2.80. The molecule has 1 atom stereocenters. The van der Waals surface area contributed by atoms with Crippen molar-refractivity contribution in [3.05, 3.63) is 10.0 Å². The standard InChI is InChI=1S/C11H21N3S/c1-5-6-12-9(4)11-14-13-10(15-11)7-8(2)3/h8-9,12H,5-7H2,1-4H3. The topological polar surface area (TPSA) is 37.8 Å². The smallest absolute Gasteiger partial charge is 0.134 e. The molecule has 1 N–H and O–H groups in total. The lowest BCUT2D eigenvalue weighted by molar-refractivity contribution is 0.563. The van der Waals surface area contributed by atoms with Crippen LogP contribution in [0.5, 0.6) is 0 Å². The Hall–Kier alpha value is -0.480. The zero-order valence-corrected chi connectivity index (χ0v) is 10.9. The van der Waals surface area contributed by atoms with Crippen molar-refractivity contribution in [2.45, 2.75) is 46.6 Å². The maximum absolute atomic E-state index is 4.23. The molecule has 1 unspecified atom stereocenters. The molecule has 0 fully saturated rings. The highest BCUT2D eigenvalue weighted by molar-refractivity contribution is 7.11. The third-order valence-corrected chi connectivity index (χ3v) is 3.26. The van der Waals surface area contributed by atoms with Gasteiger partial charge < -0.3 is 5.32 Å². The van der Waals surface area contributed by atoms with Gasteiger partial charge in [0.25, 0.3) is 0 Å². The van der Waals surface area contributed by atoms with Gasteiger partial charge in [0.05, 0.1) is 6.04 Å². The fraction of sp³-hybridized carbons (Fsp3) is 0.818. The lowest BCUT2D eigenvalue weighted by Crippen LogP contribution is -2.19. The summed E-state index contributed by atoms with van der Waals surface area (Å²) in [6, 6.07) is 0.336. The van der Waals surface area contributed by atoms with Crippen LogP contribution in [0.4, 0.5) is 0 Å². The summed E-state index contributed by atoms with van der Waals surface area (Å²) in [5, 5.41) is 14.1. The van der Waals surface area contributed by atoms with Crippen LogP contribution >= 0.6 is 11.3 Å². The lowest BCUT2D eigenvalue weighted by atomic mass is 10.1. The fourth-order valence-corrected chi connectivity index (χ4v) is 2.40. The molecular formula is C11H21N3S.